The first-order chi connectivity index (χ1) is 6.75. The van der Waals surface area contributed by atoms with Crippen molar-refractivity contribution in [3.8, 4) is 0 Å². The largest absolute Gasteiger partial charge is 0.367 e. The molecule has 0 saturated carbocycles. The molecular formula is C11H20O2S. The molecule has 14 heavy (non-hydrogen) atoms. The van der Waals surface area contributed by atoms with E-state index >= 15 is 0 Å². The Balaban J connectivity index is 2.63. The van der Waals surface area contributed by atoms with E-state index in [-0.39, 0.29) is 0 Å². The summed E-state index contributed by atoms with van der Waals surface area (Å²) in [5.74, 6) is 2.45. The standard InChI is InChI=1S/C11H20O2S/c1-3-5-10(12)11(13-4-2)6-8-14-9-7-11/h3-9H2,1-2H3. The van der Waals surface area contributed by atoms with Gasteiger partial charge in [0.25, 0.3) is 0 Å². The molecule has 0 N–H and O–H groups in total. The number of carbonyl (C=O) groups excluding carboxylic acids is 1. The van der Waals surface area contributed by atoms with Gasteiger partial charge in [-0.05, 0) is 37.7 Å². The molecule has 0 aromatic rings. The van der Waals surface area contributed by atoms with Crippen molar-refractivity contribution in [1.82, 2.24) is 0 Å². The van der Waals surface area contributed by atoms with Crippen LogP contribution in [0.2, 0.25) is 0 Å². The van der Waals surface area contributed by atoms with Crippen LogP contribution in [-0.4, -0.2) is 29.5 Å². The van der Waals surface area contributed by atoms with E-state index < -0.39 is 5.60 Å². The summed E-state index contributed by atoms with van der Waals surface area (Å²) in [7, 11) is 0. The van der Waals surface area contributed by atoms with E-state index in [1.807, 2.05) is 18.7 Å². The summed E-state index contributed by atoms with van der Waals surface area (Å²) >= 11 is 1.93. The van der Waals surface area contributed by atoms with Crippen LogP contribution in [0.1, 0.15) is 39.5 Å². The zero-order valence-electron chi connectivity index (χ0n) is 9.17. The summed E-state index contributed by atoms with van der Waals surface area (Å²) in [4.78, 5) is 12.0. The topological polar surface area (TPSA) is 26.3 Å². The van der Waals surface area contributed by atoms with Crippen molar-refractivity contribution in [2.24, 2.45) is 0 Å². The summed E-state index contributed by atoms with van der Waals surface area (Å²) in [6.07, 6.45) is 3.42. The van der Waals surface area contributed by atoms with Gasteiger partial charge in [-0.25, -0.2) is 0 Å². The molecule has 1 saturated heterocycles. The Kier molecular flexibility index (Phi) is 4.96. The Bertz CT molecular complexity index is 180. The van der Waals surface area contributed by atoms with Gasteiger partial charge in [0, 0.05) is 13.0 Å². The molecule has 1 rings (SSSR count). The molecule has 1 heterocycles. The van der Waals surface area contributed by atoms with Crippen molar-refractivity contribution >= 4 is 17.5 Å². The van der Waals surface area contributed by atoms with E-state index in [0.29, 0.717) is 18.8 Å². The molecule has 0 aromatic carbocycles. The second-order valence-electron chi connectivity index (χ2n) is 3.71. The van der Waals surface area contributed by atoms with Crippen LogP contribution in [0.3, 0.4) is 0 Å². The minimum absolute atomic E-state index is 0.321. The predicted octanol–water partition coefficient (Wildman–Crippen LogP) is 2.66. The normalized spacial score (nSPS) is 20.7. The van der Waals surface area contributed by atoms with Crippen LogP contribution in [0.5, 0.6) is 0 Å². The summed E-state index contributed by atoms with van der Waals surface area (Å²) in [6.45, 7) is 4.68. The van der Waals surface area contributed by atoms with Crippen molar-refractivity contribution in [2.45, 2.75) is 45.1 Å². The Labute approximate surface area is 90.8 Å². The molecule has 0 atom stereocenters. The number of thioether (sulfide) groups is 1. The van der Waals surface area contributed by atoms with Gasteiger partial charge in [0.1, 0.15) is 5.60 Å². The molecular weight excluding hydrogens is 196 g/mol. The van der Waals surface area contributed by atoms with E-state index in [9.17, 15) is 4.79 Å². The Morgan fingerprint density at radius 1 is 1.36 bits per heavy atom. The first-order valence-corrected chi connectivity index (χ1v) is 6.65. The second-order valence-corrected chi connectivity index (χ2v) is 4.94. The van der Waals surface area contributed by atoms with E-state index in [1.165, 1.54) is 0 Å². The lowest BCUT2D eigenvalue weighted by atomic mass is 9.89. The zero-order chi connectivity index (χ0) is 10.4. The maximum Gasteiger partial charge on any atom is 0.164 e. The number of ether oxygens (including phenoxy) is 1. The first kappa shape index (κ1) is 12.1. The molecule has 1 aliphatic heterocycles. The number of carbonyl (C=O) groups is 1. The van der Waals surface area contributed by atoms with Crippen molar-refractivity contribution in [3.63, 3.8) is 0 Å². The summed E-state index contributed by atoms with van der Waals surface area (Å²) in [5.41, 5.74) is -0.421. The van der Waals surface area contributed by atoms with Crippen molar-refractivity contribution in [3.05, 3.63) is 0 Å². The SMILES string of the molecule is CCCC(=O)C1(OCC)CCSCC1. The van der Waals surface area contributed by atoms with Crippen molar-refractivity contribution < 1.29 is 9.53 Å². The number of hydrogen-bond donors (Lipinski definition) is 0. The lowest BCUT2D eigenvalue weighted by Gasteiger charge is -2.35. The van der Waals surface area contributed by atoms with E-state index in [0.717, 1.165) is 30.8 Å². The number of hydrogen-bond acceptors (Lipinski definition) is 3. The third-order valence-corrected chi connectivity index (χ3v) is 3.69. The third-order valence-electron chi connectivity index (χ3n) is 2.71. The number of rotatable bonds is 5. The zero-order valence-corrected chi connectivity index (χ0v) is 9.99. The van der Waals surface area contributed by atoms with Crippen LogP contribution in [0.25, 0.3) is 0 Å². The van der Waals surface area contributed by atoms with Crippen LogP contribution >= 0.6 is 11.8 Å². The van der Waals surface area contributed by atoms with E-state index in [2.05, 4.69) is 6.92 Å². The van der Waals surface area contributed by atoms with Gasteiger partial charge >= 0.3 is 0 Å². The minimum Gasteiger partial charge on any atom is -0.367 e. The maximum absolute atomic E-state index is 12.0. The highest BCUT2D eigenvalue weighted by Gasteiger charge is 2.39. The molecule has 82 valence electrons. The molecule has 0 aliphatic carbocycles. The Morgan fingerprint density at radius 3 is 2.50 bits per heavy atom. The number of Topliss-reactive ketones (excluding diaryl/α,β-unsaturated/α-hetero) is 1. The lowest BCUT2D eigenvalue weighted by molar-refractivity contribution is -0.145. The van der Waals surface area contributed by atoms with Crippen LogP contribution < -0.4 is 0 Å². The van der Waals surface area contributed by atoms with E-state index in [1.54, 1.807) is 0 Å². The van der Waals surface area contributed by atoms with Gasteiger partial charge in [-0.2, -0.15) is 11.8 Å². The second kappa shape index (κ2) is 5.76. The van der Waals surface area contributed by atoms with Gasteiger partial charge in [0.15, 0.2) is 5.78 Å². The smallest absolute Gasteiger partial charge is 0.164 e. The highest BCUT2D eigenvalue weighted by Crippen LogP contribution is 2.32. The highest BCUT2D eigenvalue weighted by molar-refractivity contribution is 7.99. The molecule has 0 spiro atoms. The molecule has 3 heteroatoms. The lowest BCUT2D eigenvalue weighted by Crippen LogP contribution is -2.44. The maximum atomic E-state index is 12.0. The summed E-state index contributed by atoms with van der Waals surface area (Å²) in [6, 6.07) is 0. The van der Waals surface area contributed by atoms with Gasteiger partial charge in [-0.15, -0.1) is 0 Å². The molecule has 0 aromatic heterocycles. The van der Waals surface area contributed by atoms with Crippen LogP contribution in [0.15, 0.2) is 0 Å². The van der Waals surface area contributed by atoms with Crippen LogP contribution in [-0.2, 0) is 9.53 Å². The number of ketones is 1. The minimum atomic E-state index is -0.421. The fourth-order valence-electron chi connectivity index (χ4n) is 1.94. The molecule has 0 radical (unpaired) electrons. The summed E-state index contributed by atoms with van der Waals surface area (Å²) in [5, 5.41) is 0. The van der Waals surface area contributed by atoms with Crippen LogP contribution in [0, 0.1) is 0 Å². The fraction of sp³-hybridized carbons (Fsp3) is 0.909. The van der Waals surface area contributed by atoms with Gasteiger partial charge in [0.05, 0.1) is 0 Å². The first-order valence-electron chi connectivity index (χ1n) is 5.50. The van der Waals surface area contributed by atoms with E-state index in [4.69, 9.17) is 4.74 Å². The van der Waals surface area contributed by atoms with Gasteiger partial charge < -0.3 is 4.74 Å². The molecule has 0 bridgehead atoms. The average molecular weight is 216 g/mol. The van der Waals surface area contributed by atoms with Gasteiger partial charge in [-0.1, -0.05) is 6.92 Å². The Hall–Kier alpha value is -0.0200. The van der Waals surface area contributed by atoms with Crippen LogP contribution in [0.4, 0.5) is 0 Å². The van der Waals surface area contributed by atoms with Crippen molar-refractivity contribution in [1.29, 1.82) is 0 Å². The van der Waals surface area contributed by atoms with Gasteiger partial charge in [-0.3, -0.25) is 4.79 Å². The Morgan fingerprint density at radius 2 is 2.00 bits per heavy atom. The van der Waals surface area contributed by atoms with Gasteiger partial charge in [0.2, 0.25) is 0 Å². The fourth-order valence-corrected chi connectivity index (χ4v) is 3.09. The molecule has 2 nitrogen and oxygen atoms in total. The average Bonchev–Trinajstić information content (AvgIpc) is 2.20. The van der Waals surface area contributed by atoms with Crippen molar-refractivity contribution in [2.75, 3.05) is 18.1 Å². The predicted molar refractivity (Wildman–Crippen MR) is 60.8 cm³/mol. The molecule has 1 aliphatic rings. The third kappa shape index (κ3) is 2.74. The highest BCUT2D eigenvalue weighted by atomic mass is 32.2. The molecule has 0 amide bonds. The quantitative estimate of drug-likeness (QED) is 0.706. The summed E-state index contributed by atoms with van der Waals surface area (Å²) < 4.78 is 5.72. The molecule has 1 fully saturated rings. The monoisotopic (exact) mass is 216 g/mol. The molecule has 0 unspecified atom stereocenters.